The second kappa shape index (κ2) is 9.69. The number of halogens is 2. The van der Waals surface area contributed by atoms with Crippen LogP contribution in [0.15, 0.2) is 42.5 Å². The van der Waals surface area contributed by atoms with Crippen molar-refractivity contribution in [2.45, 2.75) is 38.5 Å². The van der Waals surface area contributed by atoms with E-state index in [4.69, 9.17) is 4.74 Å². The summed E-state index contributed by atoms with van der Waals surface area (Å²) in [5.74, 6) is 0.241. The molecule has 1 aliphatic rings. The van der Waals surface area contributed by atoms with E-state index in [1.54, 1.807) is 12.1 Å². The minimum absolute atomic E-state index is 0.00221. The number of amides is 1. The van der Waals surface area contributed by atoms with Crippen LogP contribution in [0.2, 0.25) is 0 Å². The molecule has 5 nitrogen and oxygen atoms in total. The number of alkyl halides is 2. The van der Waals surface area contributed by atoms with Crippen molar-refractivity contribution in [2.75, 3.05) is 20.7 Å². The Kier molecular flexibility index (Phi) is 7.04. The molecule has 0 fully saturated rings. The Morgan fingerprint density at radius 1 is 1.24 bits per heavy atom. The Balaban J connectivity index is 1.57. The summed E-state index contributed by atoms with van der Waals surface area (Å²) in [6.07, 6.45) is 3.07. The fraction of sp³-hybridized carbons (Fsp3) is 0.409. The summed E-state index contributed by atoms with van der Waals surface area (Å²) in [6, 6.07) is 13.2. The molecule has 2 aromatic carbocycles. The highest BCUT2D eigenvalue weighted by Crippen LogP contribution is 2.30. The molecule has 2 atom stereocenters. The molecule has 1 unspecified atom stereocenters. The SMILES string of the molecule is COc1cc(C[NH+](C)CC(=O)N[C@H]2CCCc3ccccc32)ccc1OC(F)F. The number of nitrogens with one attached hydrogen (secondary N) is 2. The van der Waals surface area contributed by atoms with Crippen molar-refractivity contribution >= 4 is 5.91 Å². The van der Waals surface area contributed by atoms with Crippen LogP contribution in [0.1, 0.15) is 35.6 Å². The first-order chi connectivity index (χ1) is 14.0. The molecule has 29 heavy (non-hydrogen) atoms. The Labute approximate surface area is 169 Å². The van der Waals surface area contributed by atoms with E-state index in [2.05, 4.69) is 22.2 Å². The molecule has 0 aliphatic heterocycles. The third-order valence-corrected chi connectivity index (χ3v) is 5.12. The minimum atomic E-state index is -2.91. The van der Waals surface area contributed by atoms with Crippen molar-refractivity contribution in [3.05, 3.63) is 59.2 Å². The van der Waals surface area contributed by atoms with Gasteiger partial charge in [-0.1, -0.05) is 24.3 Å². The molecular formula is C22H27F2N2O3+. The highest BCUT2D eigenvalue weighted by Gasteiger charge is 2.22. The van der Waals surface area contributed by atoms with Gasteiger partial charge in [0.1, 0.15) is 6.54 Å². The number of rotatable bonds is 8. The summed E-state index contributed by atoms with van der Waals surface area (Å²) >= 11 is 0. The van der Waals surface area contributed by atoms with Gasteiger partial charge >= 0.3 is 6.61 Å². The maximum absolute atomic E-state index is 12.6. The molecule has 1 aliphatic carbocycles. The van der Waals surface area contributed by atoms with Crippen LogP contribution < -0.4 is 19.7 Å². The van der Waals surface area contributed by atoms with Crippen LogP contribution in [0.5, 0.6) is 11.5 Å². The lowest BCUT2D eigenvalue weighted by atomic mass is 9.88. The fourth-order valence-electron chi connectivity index (χ4n) is 3.85. The largest absolute Gasteiger partial charge is 0.493 e. The molecule has 7 heteroatoms. The number of quaternary nitrogens is 1. The zero-order valence-corrected chi connectivity index (χ0v) is 16.7. The van der Waals surface area contributed by atoms with Gasteiger partial charge in [0.05, 0.1) is 20.2 Å². The van der Waals surface area contributed by atoms with Crippen LogP contribution in [-0.2, 0) is 17.8 Å². The van der Waals surface area contributed by atoms with Gasteiger partial charge in [0, 0.05) is 5.56 Å². The summed E-state index contributed by atoms with van der Waals surface area (Å²) < 4.78 is 34.5. The third kappa shape index (κ3) is 5.67. The van der Waals surface area contributed by atoms with Crippen molar-refractivity contribution in [1.29, 1.82) is 0 Å². The van der Waals surface area contributed by atoms with E-state index in [0.717, 1.165) is 29.7 Å². The number of ether oxygens (including phenoxy) is 2. The van der Waals surface area contributed by atoms with E-state index in [0.29, 0.717) is 13.1 Å². The third-order valence-electron chi connectivity index (χ3n) is 5.12. The molecule has 3 rings (SSSR count). The van der Waals surface area contributed by atoms with Crippen molar-refractivity contribution < 1.29 is 27.9 Å². The predicted molar refractivity (Wildman–Crippen MR) is 105 cm³/mol. The highest BCUT2D eigenvalue weighted by atomic mass is 19.3. The van der Waals surface area contributed by atoms with E-state index < -0.39 is 6.61 Å². The standard InChI is InChI=1S/C22H26F2N2O3/c1-26(13-15-10-11-19(29-22(23)24)20(12-15)28-2)14-21(27)25-18-9-5-7-16-6-3-4-8-17(16)18/h3-4,6,8,10-12,18,22H,5,7,9,13-14H2,1-2H3,(H,25,27)/p+1/t18-/m0/s1. The number of hydrogen-bond donors (Lipinski definition) is 2. The molecule has 0 spiro atoms. The van der Waals surface area contributed by atoms with Crippen molar-refractivity contribution in [2.24, 2.45) is 0 Å². The number of fused-ring (bicyclic) bond motifs is 1. The molecule has 0 radical (unpaired) electrons. The molecule has 1 amide bonds. The smallest absolute Gasteiger partial charge is 0.387 e. The first-order valence-electron chi connectivity index (χ1n) is 9.76. The van der Waals surface area contributed by atoms with Crippen molar-refractivity contribution in [3.8, 4) is 11.5 Å². The Bertz CT molecular complexity index is 845. The van der Waals surface area contributed by atoms with Gasteiger partial charge in [0.25, 0.3) is 5.91 Å². The topological polar surface area (TPSA) is 52.0 Å². The van der Waals surface area contributed by atoms with E-state index in [-0.39, 0.29) is 23.4 Å². The monoisotopic (exact) mass is 405 g/mol. The molecule has 0 aromatic heterocycles. The average molecular weight is 405 g/mol. The zero-order valence-electron chi connectivity index (χ0n) is 16.7. The summed E-state index contributed by atoms with van der Waals surface area (Å²) in [5, 5.41) is 3.16. The summed E-state index contributed by atoms with van der Waals surface area (Å²) in [4.78, 5) is 13.5. The summed E-state index contributed by atoms with van der Waals surface area (Å²) in [5.41, 5.74) is 3.39. The van der Waals surface area contributed by atoms with Crippen LogP contribution in [-0.4, -0.2) is 33.2 Å². The molecule has 0 saturated carbocycles. The van der Waals surface area contributed by atoms with Gasteiger partial charge in [-0.15, -0.1) is 0 Å². The van der Waals surface area contributed by atoms with Crippen molar-refractivity contribution in [3.63, 3.8) is 0 Å². The Morgan fingerprint density at radius 2 is 2.03 bits per heavy atom. The highest BCUT2D eigenvalue weighted by molar-refractivity contribution is 5.77. The lowest BCUT2D eigenvalue weighted by molar-refractivity contribution is -0.885. The van der Waals surface area contributed by atoms with E-state index in [1.807, 2.05) is 19.2 Å². The molecule has 156 valence electrons. The number of aryl methyl sites for hydroxylation is 1. The first kappa shape index (κ1) is 21.0. The minimum Gasteiger partial charge on any atom is -0.493 e. The van der Waals surface area contributed by atoms with E-state index in [9.17, 15) is 13.6 Å². The van der Waals surface area contributed by atoms with Gasteiger partial charge in [0.2, 0.25) is 0 Å². The predicted octanol–water partition coefficient (Wildman–Crippen LogP) is 2.51. The van der Waals surface area contributed by atoms with Gasteiger partial charge in [-0.3, -0.25) is 4.79 Å². The quantitative estimate of drug-likeness (QED) is 0.710. The fourth-order valence-corrected chi connectivity index (χ4v) is 3.85. The van der Waals surface area contributed by atoms with Gasteiger partial charge in [-0.25, -0.2) is 0 Å². The molecule has 0 heterocycles. The normalized spacial score (nSPS) is 16.8. The number of methoxy groups -OCH3 is 1. The lowest BCUT2D eigenvalue weighted by Gasteiger charge is -2.26. The molecule has 2 aromatic rings. The second-order valence-electron chi connectivity index (χ2n) is 7.39. The van der Waals surface area contributed by atoms with Crippen LogP contribution in [0.3, 0.4) is 0 Å². The number of likely N-dealkylation sites (N-methyl/N-ethyl adjacent to an activating group) is 1. The van der Waals surface area contributed by atoms with Crippen LogP contribution in [0, 0.1) is 0 Å². The molecular weight excluding hydrogens is 378 g/mol. The number of carbonyl (C=O) groups is 1. The Morgan fingerprint density at radius 3 is 2.79 bits per heavy atom. The van der Waals surface area contributed by atoms with Crippen LogP contribution in [0.4, 0.5) is 8.78 Å². The van der Waals surface area contributed by atoms with E-state index >= 15 is 0 Å². The Hall–Kier alpha value is -2.67. The second-order valence-corrected chi connectivity index (χ2v) is 7.39. The lowest BCUT2D eigenvalue weighted by Crippen LogP contribution is -3.08. The van der Waals surface area contributed by atoms with Gasteiger partial charge < -0.3 is 19.7 Å². The van der Waals surface area contributed by atoms with E-state index in [1.165, 1.54) is 24.3 Å². The summed E-state index contributed by atoms with van der Waals surface area (Å²) in [7, 11) is 3.33. The number of hydrogen-bond acceptors (Lipinski definition) is 3. The summed E-state index contributed by atoms with van der Waals surface area (Å²) in [6.45, 7) is -2.03. The van der Waals surface area contributed by atoms with Crippen LogP contribution >= 0.6 is 0 Å². The molecule has 0 saturated heterocycles. The van der Waals surface area contributed by atoms with Gasteiger partial charge in [-0.2, -0.15) is 8.78 Å². The van der Waals surface area contributed by atoms with Crippen molar-refractivity contribution in [1.82, 2.24) is 5.32 Å². The number of carbonyl (C=O) groups excluding carboxylic acids is 1. The van der Waals surface area contributed by atoms with Gasteiger partial charge in [-0.05, 0) is 48.6 Å². The molecule has 2 N–H and O–H groups in total. The van der Waals surface area contributed by atoms with Gasteiger partial charge in [0.15, 0.2) is 18.0 Å². The number of benzene rings is 2. The molecule has 0 bridgehead atoms. The maximum Gasteiger partial charge on any atom is 0.387 e. The first-order valence-corrected chi connectivity index (χ1v) is 9.76. The maximum atomic E-state index is 12.6. The van der Waals surface area contributed by atoms with Crippen LogP contribution in [0.25, 0.3) is 0 Å². The average Bonchev–Trinajstić information content (AvgIpc) is 2.69. The zero-order chi connectivity index (χ0) is 20.8.